The number of rotatable bonds is 4. The molecular formula is C10H16N4OS. The molecule has 1 fully saturated rings. The van der Waals surface area contributed by atoms with Crippen LogP contribution >= 0.6 is 11.8 Å². The summed E-state index contributed by atoms with van der Waals surface area (Å²) < 4.78 is 5.17. The highest BCUT2D eigenvalue weighted by Gasteiger charge is 2.16. The lowest BCUT2D eigenvalue weighted by atomic mass is 10.1. The van der Waals surface area contributed by atoms with E-state index in [0.717, 1.165) is 6.54 Å². The molecule has 0 saturated carbocycles. The Morgan fingerprint density at radius 1 is 1.62 bits per heavy atom. The largest absolute Gasteiger partial charge is 0.490 e. The molecule has 2 rings (SSSR count). The summed E-state index contributed by atoms with van der Waals surface area (Å²) in [5, 5.41) is 3.28. The van der Waals surface area contributed by atoms with Gasteiger partial charge in [0.25, 0.3) is 0 Å². The fourth-order valence-corrected chi connectivity index (χ4v) is 2.98. The van der Waals surface area contributed by atoms with Crippen LogP contribution in [0.4, 0.5) is 11.6 Å². The van der Waals surface area contributed by atoms with Crippen molar-refractivity contribution in [1.82, 2.24) is 9.97 Å². The van der Waals surface area contributed by atoms with Gasteiger partial charge in [0.05, 0.1) is 7.11 Å². The van der Waals surface area contributed by atoms with Crippen molar-refractivity contribution in [2.75, 3.05) is 36.2 Å². The van der Waals surface area contributed by atoms with E-state index >= 15 is 0 Å². The molecule has 1 aromatic heterocycles. The first-order valence-corrected chi connectivity index (χ1v) is 6.43. The van der Waals surface area contributed by atoms with Crippen LogP contribution in [0.2, 0.25) is 0 Å². The topological polar surface area (TPSA) is 73.1 Å². The van der Waals surface area contributed by atoms with Crippen LogP contribution in [0.3, 0.4) is 0 Å². The summed E-state index contributed by atoms with van der Waals surface area (Å²) in [4.78, 5) is 8.03. The van der Waals surface area contributed by atoms with Crippen LogP contribution in [0.5, 0.6) is 5.75 Å². The molecule has 1 saturated heterocycles. The second-order valence-corrected chi connectivity index (χ2v) is 4.90. The van der Waals surface area contributed by atoms with E-state index < -0.39 is 0 Å². The molecule has 0 amide bonds. The van der Waals surface area contributed by atoms with E-state index in [1.807, 2.05) is 11.8 Å². The van der Waals surface area contributed by atoms with Crippen molar-refractivity contribution in [3.63, 3.8) is 0 Å². The second-order valence-electron chi connectivity index (χ2n) is 3.75. The third kappa shape index (κ3) is 2.49. The highest BCUT2D eigenvalue weighted by Crippen LogP contribution is 2.28. The molecule has 1 unspecified atom stereocenters. The Morgan fingerprint density at radius 2 is 2.50 bits per heavy atom. The Kier molecular flexibility index (Phi) is 3.71. The van der Waals surface area contributed by atoms with Crippen molar-refractivity contribution in [3.8, 4) is 5.75 Å². The van der Waals surface area contributed by atoms with E-state index in [-0.39, 0.29) is 0 Å². The predicted molar refractivity (Wildman–Crippen MR) is 66.9 cm³/mol. The smallest absolute Gasteiger partial charge is 0.203 e. The first kappa shape index (κ1) is 11.3. The molecule has 0 aromatic carbocycles. The lowest BCUT2D eigenvalue weighted by Crippen LogP contribution is -2.15. The highest BCUT2D eigenvalue weighted by molar-refractivity contribution is 7.99. The fourth-order valence-electron chi connectivity index (χ4n) is 1.70. The zero-order valence-corrected chi connectivity index (χ0v) is 10.1. The fraction of sp³-hybridized carbons (Fsp3) is 0.600. The van der Waals surface area contributed by atoms with E-state index in [0.29, 0.717) is 23.3 Å². The molecule has 0 spiro atoms. The minimum Gasteiger partial charge on any atom is -0.490 e. The molecule has 0 aliphatic carbocycles. The van der Waals surface area contributed by atoms with Gasteiger partial charge >= 0.3 is 0 Å². The van der Waals surface area contributed by atoms with Gasteiger partial charge in [-0.1, -0.05) is 0 Å². The van der Waals surface area contributed by atoms with E-state index in [9.17, 15) is 0 Å². The van der Waals surface area contributed by atoms with Gasteiger partial charge in [0.1, 0.15) is 6.33 Å². The van der Waals surface area contributed by atoms with Crippen LogP contribution < -0.4 is 15.8 Å². The maximum absolute atomic E-state index is 5.70. The number of nitrogens with one attached hydrogen (secondary N) is 1. The number of methoxy groups -OCH3 is 1. The first-order chi connectivity index (χ1) is 7.81. The Morgan fingerprint density at radius 3 is 3.19 bits per heavy atom. The van der Waals surface area contributed by atoms with Crippen molar-refractivity contribution >= 4 is 23.4 Å². The Labute approximate surface area is 99.2 Å². The molecule has 5 nitrogen and oxygen atoms in total. The minimum atomic E-state index is 0.376. The number of hydrogen-bond acceptors (Lipinski definition) is 6. The standard InChI is InChI=1S/C10H16N4OS/c1-15-8-9(11)13-6-14-10(8)12-4-7-2-3-16-5-7/h6-7H,2-5H2,1H3,(H3,11,12,13,14). The molecule has 88 valence electrons. The molecule has 3 N–H and O–H groups in total. The zero-order valence-electron chi connectivity index (χ0n) is 9.27. The van der Waals surface area contributed by atoms with Gasteiger partial charge in [-0.25, -0.2) is 9.97 Å². The first-order valence-electron chi connectivity index (χ1n) is 5.27. The molecule has 6 heteroatoms. The number of thioether (sulfide) groups is 1. The van der Waals surface area contributed by atoms with E-state index in [1.54, 1.807) is 7.11 Å². The second kappa shape index (κ2) is 5.25. The molecule has 0 radical (unpaired) electrons. The van der Waals surface area contributed by atoms with Gasteiger partial charge in [-0.15, -0.1) is 0 Å². The highest BCUT2D eigenvalue weighted by atomic mass is 32.2. The van der Waals surface area contributed by atoms with Gasteiger partial charge in [-0.3, -0.25) is 0 Å². The van der Waals surface area contributed by atoms with Gasteiger partial charge in [0.15, 0.2) is 11.6 Å². The van der Waals surface area contributed by atoms with Gasteiger partial charge < -0.3 is 15.8 Å². The summed E-state index contributed by atoms with van der Waals surface area (Å²) in [5.74, 6) is 4.79. The SMILES string of the molecule is COc1c(N)ncnc1NCC1CCSC1. The van der Waals surface area contributed by atoms with Gasteiger partial charge in [0, 0.05) is 6.54 Å². The molecule has 1 aromatic rings. The Balaban J connectivity index is 2.00. The summed E-state index contributed by atoms with van der Waals surface area (Å²) >= 11 is 2.00. The van der Waals surface area contributed by atoms with Crippen molar-refractivity contribution in [2.24, 2.45) is 5.92 Å². The maximum atomic E-state index is 5.70. The van der Waals surface area contributed by atoms with Crippen LogP contribution in [-0.4, -0.2) is 35.1 Å². The Hall–Kier alpha value is -1.17. The van der Waals surface area contributed by atoms with Crippen molar-refractivity contribution < 1.29 is 4.74 Å². The maximum Gasteiger partial charge on any atom is 0.203 e. The summed E-state index contributed by atoms with van der Waals surface area (Å²) in [6.45, 7) is 0.916. The van der Waals surface area contributed by atoms with Crippen molar-refractivity contribution in [1.29, 1.82) is 0 Å². The van der Waals surface area contributed by atoms with Crippen molar-refractivity contribution in [3.05, 3.63) is 6.33 Å². The normalized spacial score (nSPS) is 19.7. The number of hydrogen-bond donors (Lipinski definition) is 2. The molecule has 0 bridgehead atoms. The Bertz CT molecular complexity index is 355. The van der Waals surface area contributed by atoms with Crippen LogP contribution in [0.25, 0.3) is 0 Å². The predicted octanol–water partition coefficient (Wildman–Crippen LogP) is 1.23. The van der Waals surface area contributed by atoms with Crippen LogP contribution in [0, 0.1) is 5.92 Å². The van der Waals surface area contributed by atoms with Gasteiger partial charge in [0.2, 0.25) is 5.75 Å². The lowest BCUT2D eigenvalue weighted by Gasteiger charge is -2.13. The van der Waals surface area contributed by atoms with Crippen LogP contribution in [0.15, 0.2) is 6.33 Å². The number of nitrogen functional groups attached to an aromatic ring is 1. The van der Waals surface area contributed by atoms with Crippen molar-refractivity contribution in [2.45, 2.75) is 6.42 Å². The average molecular weight is 240 g/mol. The van der Waals surface area contributed by atoms with Crippen LogP contribution in [0.1, 0.15) is 6.42 Å². The monoisotopic (exact) mass is 240 g/mol. The number of aromatic nitrogens is 2. The minimum absolute atomic E-state index is 0.376. The summed E-state index contributed by atoms with van der Waals surface area (Å²) in [5.41, 5.74) is 5.70. The van der Waals surface area contributed by atoms with E-state index in [1.165, 1.54) is 24.3 Å². The molecule has 1 aliphatic heterocycles. The van der Waals surface area contributed by atoms with Gasteiger partial charge in [-0.05, 0) is 23.8 Å². The summed E-state index contributed by atoms with van der Waals surface area (Å²) in [7, 11) is 1.58. The zero-order chi connectivity index (χ0) is 11.4. The van der Waals surface area contributed by atoms with Gasteiger partial charge in [-0.2, -0.15) is 11.8 Å². The number of anilines is 2. The number of nitrogens with zero attached hydrogens (tertiary/aromatic N) is 2. The number of ether oxygens (including phenoxy) is 1. The molecule has 1 aliphatic rings. The van der Waals surface area contributed by atoms with Crippen LogP contribution in [-0.2, 0) is 0 Å². The third-order valence-electron chi connectivity index (χ3n) is 2.62. The molecular weight excluding hydrogens is 224 g/mol. The molecule has 16 heavy (non-hydrogen) atoms. The summed E-state index contributed by atoms with van der Waals surface area (Å²) in [6, 6.07) is 0. The van der Waals surface area contributed by atoms with E-state index in [4.69, 9.17) is 10.5 Å². The average Bonchev–Trinajstić information content (AvgIpc) is 2.79. The summed E-state index contributed by atoms with van der Waals surface area (Å²) in [6.07, 6.45) is 2.71. The quantitative estimate of drug-likeness (QED) is 0.824. The third-order valence-corrected chi connectivity index (χ3v) is 3.85. The molecule has 2 heterocycles. The number of nitrogens with two attached hydrogens (primary N) is 1. The van der Waals surface area contributed by atoms with E-state index in [2.05, 4.69) is 15.3 Å². The lowest BCUT2D eigenvalue weighted by molar-refractivity contribution is 0.415. The molecule has 1 atom stereocenters.